The summed E-state index contributed by atoms with van der Waals surface area (Å²) >= 11 is 5.57. The Morgan fingerprint density at radius 3 is 2.33 bits per heavy atom. The maximum atomic E-state index is 11.8. The fourth-order valence-electron chi connectivity index (χ4n) is 1.46. The van der Waals surface area contributed by atoms with Gasteiger partial charge in [-0.3, -0.25) is 0 Å². The van der Waals surface area contributed by atoms with Crippen molar-refractivity contribution in [3.8, 4) is 0 Å². The van der Waals surface area contributed by atoms with Crippen LogP contribution in [-0.2, 0) is 21.2 Å². The highest BCUT2D eigenvalue weighted by Crippen LogP contribution is 2.14. The second-order valence-corrected chi connectivity index (χ2v) is 6.29. The number of aryl methyl sites for hydroxylation is 1. The molecule has 4 nitrogen and oxygen atoms in total. The van der Waals surface area contributed by atoms with Gasteiger partial charge in [-0.15, -0.1) is 11.6 Å². The second-order valence-electron chi connectivity index (χ2n) is 4.15. The van der Waals surface area contributed by atoms with E-state index in [4.69, 9.17) is 11.6 Å². The molecule has 0 aromatic heterocycles. The summed E-state index contributed by atoms with van der Waals surface area (Å²) in [7, 11) is -3.75. The number of rotatable bonds is 8. The highest BCUT2D eigenvalue weighted by Gasteiger charge is 2.27. The molecule has 0 aliphatic carbocycles. The Morgan fingerprint density at radius 1 is 1.19 bits per heavy atom. The lowest BCUT2D eigenvalue weighted by Gasteiger charge is -2.09. The van der Waals surface area contributed by atoms with Crippen molar-refractivity contribution in [1.82, 2.24) is 4.72 Å². The first-order valence-electron chi connectivity index (χ1n) is 6.04. The molecule has 0 atom stereocenters. The average molecular weight is 346 g/mol. The van der Waals surface area contributed by atoms with E-state index in [0.29, 0.717) is 12.3 Å². The second kappa shape index (κ2) is 7.98. The van der Waals surface area contributed by atoms with Crippen LogP contribution >= 0.6 is 11.6 Å². The van der Waals surface area contributed by atoms with E-state index in [-0.39, 0.29) is 18.0 Å². The summed E-state index contributed by atoms with van der Waals surface area (Å²) in [5, 5.41) is 0. The number of ether oxygens (including phenoxy) is 1. The summed E-state index contributed by atoms with van der Waals surface area (Å²) in [5.74, 6) is 0.431. The summed E-state index contributed by atoms with van der Waals surface area (Å²) in [6.45, 7) is -1.99. The fourth-order valence-corrected chi connectivity index (χ4v) is 2.70. The Morgan fingerprint density at radius 2 is 1.81 bits per heavy atom. The molecule has 1 rings (SSSR count). The molecule has 0 amide bonds. The van der Waals surface area contributed by atoms with Crippen molar-refractivity contribution < 1.29 is 26.3 Å². The molecule has 0 saturated carbocycles. The summed E-state index contributed by atoms with van der Waals surface area (Å²) in [5.41, 5.74) is 0.900. The van der Waals surface area contributed by atoms with Crippen molar-refractivity contribution in [3.63, 3.8) is 0 Å². The molecule has 9 heteroatoms. The van der Waals surface area contributed by atoms with Gasteiger partial charge in [-0.1, -0.05) is 12.1 Å². The molecule has 120 valence electrons. The first-order chi connectivity index (χ1) is 9.74. The Labute approximate surface area is 126 Å². The molecule has 1 N–H and O–H groups in total. The van der Waals surface area contributed by atoms with E-state index in [2.05, 4.69) is 9.46 Å². The van der Waals surface area contributed by atoms with Crippen molar-refractivity contribution >= 4 is 21.6 Å². The van der Waals surface area contributed by atoms with Gasteiger partial charge in [0.25, 0.3) is 0 Å². The number of hydrogen-bond donors (Lipinski definition) is 1. The normalized spacial score (nSPS) is 12.6. The van der Waals surface area contributed by atoms with Gasteiger partial charge in [0.05, 0.1) is 11.5 Å². The fraction of sp³-hybridized carbons (Fsp3) is 0.500. The molecule has 0 unspecified atom stereocenters. The van der Waals surface area contributed by atoms with Crippen LogP contribution in [0.25, 0.3) is 0 Å². The minimum absolute atomic E-state index is 0.0386. The van der Waals surface area contributed by atoms with Crippen LogP contribution in [0.5, 0.6) is 0 Å². The van der Waals surface area contributed by atoms with Gasteiger partial charge in [-0.05, 0) is 24.1 Å². The molecule has 0 aliphatic rings. The Hall–Kier alpha value is -0.830. The first kappa shape index (κ1) is 18.2. The zero-order valence-electron chi connectivity index (χ0n) is 11.0. The van der Waals surface area contributed by atoms with E-state index < -0.39 is 22.8 Å². The van der Waals surface area contributed by atoms with Gasteiger partial charge in [0.15, 0.2) is 0 Å². The lowest BCUT2D eigenvalue weighted by molar-refractivity contribution is -0.173. The third-order valence-electron chi connectivity index (χ3n) is 2.42. The molecule has 1 aromatic rings. The predicted molar refractivity (Wildman–Crippen MR) is 72.9 cm³/mol. The standard InChI is InChI=1S/C12H15ClF3NO3S/c13-6-5-10-1-3-11(4-2-10)21(18,19)17-7-8-20-9-12(14,15)16/h1-4,17H,5-9H2. The van der Waals surface area contributed by atoms with E-state index in [1.54, 1.807) is 12.1 Å². The summed E-state index contributed by atoms with van der Waals surface area (Å²) < 4.78 is 65.6. The SMILES string of the molecule is O=S(=O)(NCCOCC(F)(F)F)c1ccc(CCCl)cc1. The molecule has 0 heterocycles. The quantitative estimate of drug-likeness (QED) is 0.581. The third-order valence-corrected chi connectivity index (χ3v) is 4.09. The summed E-state index contributed by atoms with van der Waals surface area (Å²) in [4.78, 5) is 0.0386. The van der Waals surface area contributed by atoms with Gasteiger partial charge in [-0.25, -0.2) is 13.1 Å². The van der Waals surface area contributed by atoms with E-state index in [9.17, 15) is 21.6 Å². The molecular weight excluding hydrogens is 331 g/mol. The number of nitrogens with one attached hydrogen (secondary N) is 1. The van der Waals surface area contributed by atoms with Crippen LogP contribution in [0.4, 0.5) is 13.2 Å². The van der Waals surface area contributed by atoms with Gasteiger partial charge in [-0.2, -0.15) is 13.2 Å². The van der Waals surface area contributed by atoms with E-state index in [1.807, 2.05) is 0 Å². The number of halogens is 4. The van der Waals surface area contributed by atoms with E-state index >= 15 is 0 Å². The van der Waals surface area contributed by atoms with Crippen LogP contribution in [0.3, 0.4) is 0 Å². The molecule has 21 heavy (non-hydrogen) atoms. The van der Waals surface area contributed by atoms with Crippen LogP contribution in [0.15, 0.2) is 29.2 Å². The Bertz CT molecular complexity index is 532. The number of alkyl halides is 4. The van der Waals surface area contributed by atoms with Crippen LogP contribution in [0, 0.1) is 0 Å². The maximum Gasteiger partial charge on any atom is 0.411 e. The molecule has 0 saturated heterocycles. The van der Waals surface area contributed by atoms with Crippen molar-refractivity contribution in [2.75, 3.05) is 25.6 Å². The lowest BCUT2D eigenvalue weighted by Crippen LogP contribution is -2.29. The highest BCUT2D eigenvalue weighted by molar-refractivity contribution is 7.89. The molecule has 0 fully saturated rings. The van der Waals surface area contributed by atoms with Crippen molar-refractivity contribution in [2.45, 2.75) is 17.5 Å². The molecule has 0 aliphatic heterocycles. The topological polar surface area (TPSA) is 55.4 Å². The smallest absolute Gasteiger partial charge is 0.371 e. The number of sulfonamides is 1. The highest BCUT2D eigenvalue weighted by atomic mass is 35.5. The number of hydrogen-bond acceptors (Lipinski definition) is 3. The van der Waals surface area contributed by atoms with E-state index in [0.717, 1.165) is 5.56 Å². The lowest BCUT2D eigenvalue weighted by atomic mass is 10.2. The molecule has 0 radical (unpaired) electrons. The van der Waals surface area contributed by atoms with Crippen molar-refractivity contribution in [3.05, 3.63) is 29.8 Å². The predicted octanol–water partition coefficient (Wildman–Crippen LogP) is 2.33. The minimum atomic E-state index is -4.42. The van der Waals surface area contributed by atoms with Crippen LogP contribution in [0.2, 0.25) is 0 Å². The Kier molecular flexibility index (Phi) is 6.92. The number of benzene rings is 1. The van der Waals surface area contributed by atoms with E-state index in [1.165, 1.54) is 12.1 Å². The zero-order valence-corrected chi connectivity index (χ0v) is 12.6. The maximum absolute atomic E-state index is 11.8. The van der Waals surface area contributed by atoms with Gasteiger partial charge in [0.2, 0.25) is 10.0 Å². The van der Waals surface area contributed by atoms with Crippen molar-refractivity contribution in [1.29, 1.82) is 0 Å². The summed E-state index contributed by atoms with van der Waals surface area (Å²) in [6.07, 6.45) is -3.79. The van der Waals surface area contributed by atoms with Crippen LogP contribution in [-0.4, -0.2) is 40.2 Å². The molecule has 1 aromatic carbocycles. The first-order valence-corrected chi connectivity index (χ1v) is 8.05. The van der Waals surface area contributed by atoms with Crippen LogP contribution < -0.4 is 4.72 Å². The Balaban J connectivity index is 2.46. The molecule has 0 spiro atoms. The average Bonchev–Trinajstić information content (AvgIpc) is 2.38. The van der Waals surface area contributed by atoms with Crippen molar-refractivity contribution in [2.24, 2.45) is 0 Å². The monoisotopic (exact) mass is 345 g/mol. The molecular formula is C12H15ClF3NO3S. The zero-order chi connectivity index (χ0) is 15.9. The molecule has 0 bridgehead atoms. The van der Waals surface area contributed by atoms with Gasteiger partial charge >= 0.3 is 6.18 Å². The third kappa shape index (κ3) is 7.12. The minimum Gasteiger partial charge on any atom is -0.371 e. The van der Waals surface area contributed by atoms with Gasteiger partial charge < -0.3 is 4.74 Å². The largest absolute Gasteiger partial charge is 0.411 e. The van der Waals surface area contributed by atoms with Gasteiger partial charge in [0.1, 0.15) is 6.61 Å². The van der Waals surface area contributed by atoms with Gasteiger partial charge in [0, 0.05) is 12.4 Å². The summed E-state index contributed by atoms with van der Waals surface area (Å²) in [6, 6.07) is 6.11. The van der Waals surface area contributed by atoms with Crippen LogP contribution in [0.1, 0.15) is 5.56 Å².